The second-order valence-corrected chi connectivity index (χ2v) is 5.54. The normalized spacial score (nSPS) is 10.2. The summed E-state index contributed by atoms with van der Waals surface area (Å²) in [6, 6.07) is 0. The fourth-order valence-corrected chi connectivity index (χ4v) is 1.45. The largest absolute Gasteiger partial charge is 0.370 e. The van der Waals surface area contributed by atoms with Crippen molar-refractivity contribution in [2.45, 2.75) is 65.2 Å². The van der Waals surface area contributed by atoms with Gasteiger partial charge < -0.3 is 21.1 Å². The fourth-order valence-electron chi connectivity index (χ4n) is 1.45. The van der Waals surface area contributed by atoms with Crippen LogP contribution in [0.2, 0.25) is 0 Å². The summed E-state index contributed by atoms with van der Waals surface area (Å²) in [5.41, 5.74) is 9.78. The van der Waals surface area contributed by atoms with E-state index in [-0.39, 0.29) is 11.8 Å². The van der Waals surface area contributed by atoms with E-state index < -0.39 is 5.41 Å². The number of primary amides is 2. The fraction of sp³-hybridized carbons (Fsp3) is 0.733. The molecule has 4 N–H and O–H groups in total. The van der Waals surface area contributed by atoms with E-state index in [2.05, 4.69) is 0 Å². The predicted molar refractivity (Wildman–Crippen MR) is 81.2 cm³/mol. The molecule has 0 saturated carbocycles. The first-order valence-electron chi connectivity index (χ1n) is 7.23. The van der Waals surface area contributed by atoms with Gasteiger partial charge in [-0.3, -0.25) is 9.59 Å². The Bertz CT molecular complexity index is 320. The van der Waals surface area contributed by atoms with Crippen molar-refractivity contribution >= 4 is 24.4 Å². The van der Waals surface area contributed by atoms with Crippen molar-refractivity contribution in [1.29, 1.82) is 0 Å². The molecule has 0 heterocycles. The van der Waals surface area contributed by atoms with Gasteiger partial charge in [-0.05, 0) is 19.3 Å². The zero-order chi connectivity index (χ0) is 16.7. The number of nitrogens with two attached hydrogens (primary N) is 2. The summed E-state index contributed by atoms with van der Waals surface area (Å²) in [5, 5.41) is 0. The summed E-state index contributed by atoms with van der Waals surface area (Å²) in [6.07, 6.45) is 7.18. The zero-order valence-electron chi connectivity index (χ0n) is 13.1. The summed E-state index contributed by atoms with van der Waals surface area (Å²) < 4.78 is 0. The van der Waals surface area contributed by atoms with Crippen LogP contribution in [0.25, 0.3) is 0 Å². The van der Waals surface area contributed by atoms with Gasteiger partial charge in [0.25, 0.3) is 0 Å². The van der Waals surface area contributed by atoms with E-state index in [0.29, 0.717) is 25.7 Å². The summed E-state index contributed by atoms with van der Waals surface area (Å²) in [4.78, 5) is 40.5. The average molecular weight is 300 g/mol. The van der Waals surface area contributed by atoms with Gasteiger partial charge in [-0.2, -0.15) is 0 Å². The van der Waals surface area contributed by atoms with Gasteiger partial charge in [-0.1, -0.05) is 26.7 Å². The molecule has 0 bridgehead atoms. The van der Waals surface area contributed by atoms with Crippen LogP contribution in [0.4, 0.5) is 0 Å². The van der Waals surface area contributed by atoms with Gasteiger partial charge in [0.1, 0.15) is 12.6 Å². The molecule has 0 spiro atoms. The van der Waals surface area contributed by atoms with Crippen molar-refractivity contribution in [2.24, 2.45) is 16.9 Å². The molecule has 0 unspecified atom stereocenters. The lowest BCUT2D eigenvalue weighted by molar-refractivity contribution is -0.126. The van der Waals surface area contributed by atoms with Gasteiger partial charge in [0, 0.05) is 24.7 Å². The van der Waals surface area contributed by atoms with Crippen LogP contribution in [-0.4, -0.2) is 24.4 Å². The number of hydrogen-bond acceptors (Lipinski definition) is 4. The molecular weight excluding hydrogens is 272 g/mol. The molecule has 0 atom stereocenters. The molecule has 0 aromatic heterocycles. The van der Waals surface area contributed by atoms with Gasteiger partial charge in [-0.15, -0.1) is 0 Å². The van der Waals surface area contributed by atoms with Crippen LogP contribution in [0.5, 0.6) is 0 Å². The van der Waals surface area contributed by atoms with Crippen molar-refractivity contribution in [3.05, 3.63) is 0 Å². The monoisotopic (exact) mass is 300 g/mol. The molecule has 0 rings (SSSR count). The molecule has 0 fully saturated rings. The molecule has 2 amide bonds. The van der Waals surface area contributed by atoms with Crippen LogP contribution in [-0.2, 0) is 19.2 Å². The van der Waals surface area contributed by atoms with Crippen LogP contribution in [0.15, 0.2) is 0 Å². The molecular formula is C15H28N2O4. The number of rotatable bonds is 11. The first kappa shape index (κ1) is 21.6. The van der Waals surface area contributed by atoms with Crippen LogP contribution in [0.1, 0.15) is 65.2 Å². The molecule has 0 aliphatic rings. The molecule has 0 aromatic carbocycles. The smallest absolute Gasteiger partial charge is 0.223 e. The molecule has 21 heavy (non-hydrogen) atoms. The standard InChI is InChI=1S/C10H20N2O2.C5H8O2/c1-10(2,9(12)14)7-5-3-4-6-8(11)13;6-4-2-1-3-5-7/h3-7H2,1-2H3,(H2,11,13)(H2,12,14);4-5H,1-3H2. The average Bonchev–Trinajstić information content (AvgIpc) is 2.39. The van der Waals surface area contributed by atoms with E-state index >= 15 is 0 Å². The van der Waals surface area contributed by atoms with Crippen molar-refractivity contribution < 1.29 is 19.2 Å². The topological polar surface area (TPSA) is 120 Å². The molecule has 0 aliphatic heterocycles. The Kier molecular flexibility index (Phi) is 13.6. The Hall–Kier alpha value is -1.72. The van der Waals surface area contributed by atoms with Crippen LogP contribution in [0.3, 0.4) is 0 Å². The zero-order valence-corrected chi connectivity index (χ0v) is 13.1. The second-order valence-electron chi connectivity index (χ2n) is 5.54. The van der Waals surface area contributed by atoms with E-state index in [1.807, 2.05) is 13.8 Å². The third-order valence-electron chi connectivity index (χ3n) is 3.04. The lowest BCUT2D eigenvalue weighted by atomic mass is 9.86. The minimum atomic E-state index is -0.438. The molecule has 0 aliphatic carbocycles. The maximum atomic E-state index is 10.9. The Morgan fingerprint density at radius 2 is 1.43 bits per heavy atom. The quantitative estimate of drug-likeness (QED) is 0.443. The Morgan fingerprint density at radius 1 is 0.905 bits per heavy atom. The molecule has 0 aromatic rings. The molecule has 0 saturated heterocycles. The van der Waals surface area contributed by atoms with Gasteiger partial charge >= 0.3 is 0 Å². The number of aldehydes is 2. The molecule has 6 nitrogen and oxygen atoms in total. The number of amides is 2. The highest BCUT2D eigenvalue weighted by molar-refractivity contribution is 5.79. The van der Waals surface area contributed by atoms with E-state index in [1.54, 1.807) is 0 Å². The van der Waals surface area contributed by atoms with E-state index in [4.69, 9.17) is 11.5 Å². The third-order valence-corrected chi connectivity index (χ3v) is 3.04. The number of unbranched alkanes of at least 4 members (excludes halogenated alkanes) is 4. The first-order valence-corrected chi connectivity index (χ1v) is 7.23. The minimum absolute atomic E-state index is 0.265. The number of carbonyl (C=O) groups excluding carboxylic acids is 4. The van der Waals surface area contributed by atoms with Gasteiger partial charge in [0.15, 0.2) is 0 Å². The summed E-state index contributed by atoms with van der Waals surface area (Å²) in [5.74, 6) is -0.536. The summed E-state index contributed by atoms with van der Waals surface area (Å²) in [6.45, 7) is 3.67. The highest BCUT2D eigenvalue weighted by atomic mass is 16.1. The number of hydrogen-bond donors (Lipinski definition) is 2. The maximum absolute atomic E-state index is 10.9. The predicted octanol–water partition coefficient (Wildman–Crippen LogP) is 1.49. The summed E-state index contributed by atoms with van der Waals surface area (Å²) in [7, 11) is 0. The van der Waals surface area contributed by atoms with Crippen LogP contribution in [0, 0.1) is 5.41 Å². The van der Waals surface area contributed by atoms with E-state index in [0.717, 1.165) is 38.3 Å². The van der Waals surface area contributed by atoms with Gasteiger partial charge in [0.05, 0.1) is 0 Å². The highest BCUT2D eigenvalue weighted by Crippen LogP contribution is 2.22. The number of carbonyl (C=O) groups is 4. The minimum Gasteiger partial charge on any atom is -0.370 e. The second kappa shape index (κ2) is 13.3. The van der Waals surface area contributed by atoms with Crippen molar-refractivity contribution in [3.8, 4) is 0 Å². The Morgan fingerprint density at radius 3 is 1.81 bits per heavy atom. The lowest BCUT2D eigenvalue weighted by Crippen LogP contribution is -2.31. The van der Waals surface area contributed by atoms with E-state index in [1.165, 1.54) is 0 Å². The third kappa shape index (κ3) is 16.2. The van der Waals surface area contributed by atoms with Crippen molar-refractivity contribution in [3.63, 3.8) is 0 Å². The first-order chi connectivity index (χ1) is 9.77. The van der Waals surface area contributed by atoms with Crippen LogP contribution >= 0.6 is 0 Å². The molecule has 122 valence electrons. The maximum Gasteiger partial charge on any atom is 0.223 e. The van der Waals surface area contributed by atoms with E-state index in [9.17, 15) is 19.2 Å². The van der Waals surface area contributed by atoms with Crippen molar-refractivity contribution in [1.82, 2.24) is 0 Å². The van der Waals surface area contributed by atoms with Gasteiger partial charge in [0.2, 0.25) is 11.8 Å². The molecule has 6 heteroatoms. The van der Waals surface area contributed by atoms with Gasteiger partial charge in [-0.25, -0.2) is 0 Å². The Balaban J connectivity index is 0. The highest BCUT2D eigenvalue weighted by Gasteiger charge is 2.23. The lowest BCUT2D eigenvalue weighted by Gasteiger charge is -2.19. The Labute approximate surface area is 126 Å². The summed E-state index contributed by atoms with van der Waals surface area (Å²) >= 11 is 0. The SMILES string of the molecule is CC(C)(CCCCCC(N)=O)C(N)=O.O=CCCCC=O. The van der Waals surface area contributed by atoms with Crippen molar-refractivity contribution in [2.75, 3.05) is 0 Å². The van der Waals surface area contributed by atoms with Crippen LogP contribution < -0.4 is 11.5 Å². The molecule has 0 radical (unpaired) electrons.